The van der Waals surface area contributed by atoms with Crippen molar-refractivity contribution in [2.24, 2.45) is 13.0 Å². The van der Waals surface area contributed by atoms with E-state index in [2.05, 4.69) is 15.0 Å². The number of amides is 3. The number of halogens is 6. The molecule has 0 aliphatic carbocycles. The number of nitrogens with one attached hydrogen (secondary N) is 1. The van der Waals surface area contributed by atoms with Crippen LogP contribution in [0.1, 0.15) is 33.8 Å². The Morgan fingerprint density at radius 3 is 2.21 bits per heavy atom. The third-order valence-electron chi connectivity index (χ3n) is 8.80. The van der Waals surface area contributed by atoms with Crippen LogP contribution in [0.3, 0.4) is 0 Å². The normalized spacial score (nSPS) is 15.7. The highest BCUT2D eigenvalue weighted by Crippen LogP contribution is 2.31. The van der Waals surface area contributed by atoms with Crippen molar-refractivity contribution in [2.45, 2.75) is 19.0 Å². The van der Waals surface area contributed by atoms with E-state index in [1.807, 2.05) is 0 Å². The lowest BCUT2D eigenvalue weighted by Crippen LogP contribution is -2.53. The molecule has 5 rings (SSSR count). The number of alkyl halides is 3. The molecule has 3 aromatic rings. The number of piperidine rings is 1. The van der Waals surface area contributed by atoms with Crippen LogP contribution in [0.5, 0.6) is 5.75 Å². The number of rotatable bonds is 8. The van der Waals surface area contributed by atoms with Crippen molar-refractivity contribution >= 4 is 46.9 Å². The number of benzene rings is 2. The van der Waals surface area contributed by atoms with E-state index in [9.17, 15) is 45.9 Å². The van der Waals surface area contributed by atoms with Crippen molar-refractivity contribution in [1.82, 2.24) is 24.3 Å². The average molecular weight is 755 g/mol. The first-order chi connectivity index (χ1) is 24.6. The van der Waals surface area contributed by atoms with Crippen molar-refractivity contribution in [3.63, 3.8) is 0 Å². The maximum absolute atomic E-state index is 14.7. The monoisotopic (exact) mass is 754 g/mol. The van der Waals surface area contributed by atoms with Crippen LogP contribution in [0.15, 0.2) is 36.5 Å². The summed E-state index contributed by atoms with van der Waals surface area (Å²) in [5.41, 5.74) is 0.419. The molecule has 0 spiro atoms. The molecule has 0 saturated carbocycles. The molecule has 13 nitrogen and oxygen atoms in total. The standard InChI is InChI=1S/C33H32ClF5N6O7/c1-42-23(21-5-6-24(51-2)27(36)26(21)35)16-40-28(42)29(47)41-19-3-4-20(22(34)15-19)31(49)45-13-11-44(12-14-45)30(48)18-7-9-43(10-8-18)17-25(46)52-32(50)33(37,38)39/h3-6,15-16,18H,7-14,17H2,1-2H3,(H,41,47). The summed E-state index contributed by atoms with van der Waals surface area (Å²) in [5.74, 6) is -8.21. The molecule has 2 fully saturated rings. The number of methoxy groups -OCH3 is 1. The highest BCUT2D eigenvalue weighted by atomic mass is 35.5. The van der Waals surface area contributed by atoms with Gasteiger partial charge in [0.1, 0.15) is 0 Å². The lowest BCUT2D eigenvalue weighted by atomic mass is 9.95. The van der Waals surface area contributed by atoms with Gasteiger partial charge in [0.2, 0.25) is 11.7 Å². The fourth-order valence-corrected chi connectivity index (χ4v) is 6.25. The smallest absolute Gasteiger partial charge is 0.491 e. The summed E-state index contributed by atoms with van der Waals surface area (Å²) in [6.07, 6.45) is -3.36. The third-order valence-corrected chi connectivity index (χ3v) is 9.11. The van der Waals surface area contributed by atoms with Crippen LogP contribution in [-0.2, 0) is 26.2 Å². The van der Waals surface area contributed by atoms with E-state index in [-0.39, 0.29) is 96.1 Å². The Labute approximate surface area is 298 Å². The Bertz CT molecular complexity index is 1890. The molecular weight excluding hydrogens is 723 g/mol. The fourth-order valence-electron chi connectivity index (χ4n) is 5.98. The van der Waals surface area contributed by atoms with Gasteiger partial charge in [-0.05, 0) is 56.3 Å². The van der Waals surface area contributed by atoms with Crippen molar-refractivity contribution in [3.8, 4) is 17.0 Å². The number of anilines is 1. The van der Waals surface area contributed by atoms with Gasteiger partial charge >= 0.3 is 18.1 Å². The van der Waals surface area contributed by atoms with E-state index in [1.54, 1.807) is 4.90 Å². The van der Waals surface area contributed by atoms with Crippen LogP contribution in [0, 0.1) is 17.6 Å². The van der Waals surface area contributed by atoms with E-state index in [1.165, 1.54) is 65.1 Å². The van der Waals surface area contributed by atoms with Gasteiger partial charge in [0.15, 0.2) is 17.4 Å². The molecule has 2 saturated heterocycles. The summed E-state index contributed by atoms with van der Waals surface area (Å²) >= 11 is 6.44. The molecule has 0 radical (unpaired) electrons. The Balaban J connectivity index is 1.11. The van der Waals surface area contributed by atoms with Gasteiger partial charge < -0.3 is 29.2 Å². The maximum Gasteiger partial charge on any atom is 0.491 e. The lowest BCUT2D eigenvalue weighted by molar-refractivity contribution is -0.202. The van der Waals surface area contributed by atoms with Gasteiger partial charge in [-0.2, -0.15) is 17.6 Å². The molecule has 0 bridgehead atoms. The number of hydrogen-bond acceptors (Lipinski definition) is 9. The van der Waals surface area contributed by atoms with Gasteiger partial charge in [0, 0.05) is 50.4 Å². The number of imidazole rings is 1. The zero-order valence-corrected chi connectivity index (χ0v) is 28.5. The number of nitrogens with zero attached hydrogens (tertiary/aromatic N) is 5. The van der Waals surface area contributed by atoms with Gasteiger partial charge in [-0.15, -0.1) is 0 Å². The number of esters is 2. The minimum absolute atomic E-state index is 0.0519. The number of aromatic nitrogens is 2. The SMILES string of the molecule is COc1ccc(-c2cnc(C(=O)Nc3ccc(C(=O)N4CCN(C(=O)C5CCN(CC(=O)OC(=O)C(F)(F)F)CC5)CC4)c(Cl)c3)n2C)c(F)c1F. The molecule has 0 atom stereocenters. The molecule has 0 unspecified atom stereocenters. The van der Waals surface area contributed by atoms with Crippen molar-refractivity contribution in [2.75, 3.05) is 58.2 Å². The third kappa shape index (κ3) is 8.33. The summed E-state index contributed by atoms with van der Waals surface area (Å²) in [5, 5.41) is 2.68. The molecule has 19 heteroatoms. The molecule has 52 heavy (non-hydrogen) atoms. The van der Waals surface area contributed by atoms with E-state index in [0.717, 1.165) is 0 Å². The minimum atomic E-state index is -5.27. The number of carbonyl (C=O) groups excluding carboxylic acids is 5. The van der Waals surface area contributed by atoms with Gasteiger partial charge in [-0.25, -0.2) is 14.2 Å². The number of carbonyl (C=O) groups is 5. The average Bonchev–Trinajstić information content (AvgIpc) is 3.49. The topological polar surface area (TPSA) is 143 Å². The second kappa shape index (κ2) is 15.6. The summed E-state index contributed by atoms with van der Waals surface area (Å²) in [6.45, 7) is 0.915. The lowest BCUT2D eigenvalue weighted by Gasteiger charge is -2.38. The molecule has 1 aromatic heterocycles. The maximum atomic E-state index is 14.7. The van der Waals surface area contributed by atoms with Gasteiger partial charge in [-0.3, -0.25) is 24.1 Å². The molecule has 2 aliphatic rings. The minimum Gasteiger partial charge on any atom is -0.494 e. The Kier molecular flexibility index (Phi) is 11.5. The summed E-state index contributed by atoms with van der Waals surface area (Å²) in [4.78, 5) is 70.8. The molecule has 2 aromatic carbocycles. The van der Waals surface area contributed by atoms with E-state index >= 15 is 0 Å². The van der Waals surface area contributed by atoms with Crippen molar-refractivity contribution in [1.29, 1.82) is 0 Å². The molecule has 3 amide bonds. The van der Waals surface area contributed by atoms with Crippen molar-refractivity contribution in [3.05, 3.63) is 64.6 Å². The number of piperazine rings is 1. The predicted molar refractivity (Wildman–Crippen MR) is 173 cm³/mol. The first-order valence-electron chi connectivity index (χ1n) is 15.9. The summed E-state index contributed by atoms with van der Waals surface area (Å²) < 4.78 is 75.8. The number of likely N-dealkylation sites (tertiary alicyclic amines) is 1. The molecular formula is C33H32ClF5N6O7. The van der Waals surface area contributed by atoms with Gasteiger partial charge in [0.05, 0.1) is 36.1 Å². The Hall–Kier alpha value is -5.10. The van der Waals surface area contributed by atoms with E-state index in [4.69, 9.17) is 16.3 Å². The van der Waals surface area contributed by atoms with Crippen LogP contribution in [0.4, 0.5) is 27.6 Å². The molecule has 1 N–H and O–H groups in total. The largest absolute Gasteiger partial charge is 0.494 e. The predicted octanol–water partition coefficient (Wildman–Crippen LogP) is 3.91. The fraction of sp³-hybridized carbons (Fsp3) is 0.394. The second-order valence-corrected chi connectivity index (χ2v) is 12.5. The highest BCUT2D eigenvalue weighted by molar-refractivity contribution is 6.34. The second-order valence-electron chi connectivity index (χ2n) is 12.0. The van der Waals surface area contributed by atoms with Crippen molar-refractivity contribution < 1.29 is 55.4 Å². The van der Waals surface area contributed by atoms with Gasteiger partial charge in [0.25, 0.3) is 11.8 Å². The zero-order chi connectivity index (χ0) is 37.9. The first-order valence-corrected chi connectivity index (χ1v) is 16.2. The van der Waals surface area contributed by atoms with Crippen LogP contribution in [-0.4, -0.2) is 113 Å². The van der Waals surface area contributed by atoms with E-state index < -0.39 is 42.2 Å². The van der Waals surface area contributed by atoms with Crippen LogP contribution in [0.25, 0.3) is 11.3 Å². The number of ether oxygens (including phenoxy) is 2. The van der Waals surface area contributed by atoms with Crippen LogP contribution in [0.2, 0.25) is 5.02 Å². The Morgan fingerprint density at radius 2 is 1.60 bits per heavy atom. The molecule has 278 valence electrons. The molecule has 2 aliphatic heterocycles. The summed E-state index contributed by atoms with van der Waals surface area (Å²) in [7, 11) is 2.67. The van der Waals surface area contributed by atoms with E-state index in [0.29, 0.717) is 12.8 Å². The zero-order valence-electron chi connectivity index (χ0n) is 27.8. The quantitative estimate of drug-likeness (QED) is 0.206. The summed E-state index contributed by atoms with van der Waals surface area (Å²) in [6, 6.07) is 6.86. The van der Waals surface area contributed by atoms with Gasteiger partial charge in [-0.1, -0.05) is 11.6 Å². The first kappa shape index (κ1) is 38.1. The Morgan fingerprint density at radius 1 is 0.942 bits per heavy atom. The molecule has 3 heterocycles. The highest BCUT2D eigenvalue weighted by Gasteiger charge is 2.43. The van der Waals surface area contributed by atoms with Crippen LogP contribution >= 0.6 is 11.6 Å². The number of hydrogen-bond donors (Lipinski definition) is 1. The van der Waals surface area contributed by atoms with Crippen LogP contribution < -0.4 is 10.1 Å².